The van der Waals surface area contributed by atoms with Crippen LogP contribution in [0, 0.1) is 0 Å². The molecule has 1 amide bonds. The summed E-state index contributed by atoms with van der Waals surface area (Å²) < 4.78 is 63.1. The summed E-state index contributed by atoms with van der Waals surface area (Å²) in [6.45, 7) is 1.50. The number of amides is 1. The normalized spacial score (nSPS) is 22.0. The molecule has 24 heavy (non-hydrogen) atoms. The monoisotopic (exact) mass is 363 g/mol. The van der Waals surface area contributed by atoms with Crippen molar-refractivity contribution in [3.63, 3.8) is 0 Å². The molecule has 1 aliphatic heterocycles. The minimum Gasteiger partial charge on any atom is -0.301 e. The highest BCUT2D eigenvalue weighted by Crippen LogP contribution is 2.36. The van der Waals surface area contributed by atoms with Gasteiger partial charge in [0.15, 0.2) is 9.84 Å². The highest BCUT2D eigenvalue weighted by Gasteiger charge is 2.46. The zero-order chi connectivity index (χ0) is 18.5. The van der Waals surface area contributed by atoms with Crippen molar-refractivity contribution in [2.24, 2.45) is 5.10 Å². The van der Waals surface area contributed by atoms with Gasteiger partial charge in [-0.25, -0.2) is 13.4 Å². The molecule has 6 nitrogen and oxygen atoms in total. The average molecular weight is 363 g/mol. The Labute approximate surface area is 137 Å². The molecule has 0 aliphatic carbocycles. The summed E-state index contributed by atoms with van der Waals surface area (Å²) in [7, 11) is -1.19. The van der Waals surface area contributed by atoms with Crippen LogP contribution in [-0.2, 0) is 20.8 Å². The van der Waals surface area contributed by atoms with Crippen molar-refractivity contribution in [1.82, 2.24) is 10.3 Å². The lowest BCUT2D eigenvalue weighted by atomic mass is 9.90. The van der Waals surface area contributed by atoms with Gasteiger partial charge in [-0.2, -0.15) is 18.3 Å². The van der Waals surface area contributed by atoms with E-state index in [9.17, 15) is 26.4 Å². The Hall–Kier alpha value is -1.94. The van der Waals surface area contributed by atoms with Crippen LogP contribution in [-0.4, -0.2) is 50.9 Å². The predicted octanol–water partition coefficient (Wildman–Crippen LogP) is 1.26. The zero-order valence-electron chi connectivity index (χ0n) is 13.4. The molecule has 1 unspecified atom stereocenters. The molecule has 0 aromatic heterocycles. The number of halogens is 3. The third-order valence-corrected chi connectivity index (χ3v) is 5.06. The number of carbonyl (C=O) groups is 1. The van der Waals surface area contributed by atoms with Crippen molar-refractivity contribution in [3.8, 4) is 0 Å². The van der Waals surface area contributed by atoms with Gasteiger partial charge in [0.2, 0.25) is 0 Å². The lowest BCUT2D eigenvalue weighted by Crippen LogP contribution is -2.53. The predicted molar refractivity (Wildman–Crippen MR) is 81.3 cm³/mol. The number of alkyl halides is 3. The summed E-state index contributed by atoms with van der Waals surface area (Å²) >= 11 is 0. The molecule has 132 valence electrons. The molecule has 10 heteroatoms. The van der Waals surface area contributed by atoms with Gasteiger partial charge in [-0.3, -0.25) is 4.79 Å². The third-order valence-electron chi connectivity index (χ3n) is 3.90. The lowest BCUT2D eigenvalue weighted by Gasteiger charge is -2.24. The number of rotatable bonds is 3. The van der Waals surface area contributed by atoms with E-state index in [4.69, 9.17) is 0 Å². The number of hydrogen-bond acceptors (Lipinski definition) is 5. The van der Waals surface area contributed by atoms with Crippen molar-refractivity contribution < 1.29 is 26.4 Å². The van der Waals surface area contributed by atoms with Gasteiger partial charge in [-0.1, -0.05) is 6.07 Å². The maximum atomic E-state index is 13.3. The molecular weight excluding hydrogens is 347 g/mol. The molecule has 0 spiro atoms. The number of nitrogens with one attached hydrogen (secondary N) is 1. The van der Waals surface area contributed by atoms with Crippen LogP contribution < -0.4 is 5.32 Å². The van der Waals surface area contributed by atoms with Crippen LogP contribution in [0.3, 0.4) is 0 Å². The van der Waals surface area contributed by atoms with E-state index in [0.29, 0.717) is 12.3 Å². The van der Waals surface area contributed by atoms with Crippen molar-refractivity contribution in [1.29, 1.82) is 0 Å². The van der Waals surface area contributed by atoms with Crippen molar-refractivity contribution in [2.45, 2.75) is 23.5 Å². The molecule has 1 atom stereocenters. The summed E-state index contributed by atoms with van der Waals surface area (Å²) in [6, 6.07) is 2.80. The van der Waals surface area contributed by atoms with Crippen LogP contribution in [0.1, 0.15) is 18.1 Å². The summed E-state index contributed by atoms with van der Waals surface area (Å²) in [5.74, 6) is -0.430. The van der Waals surface area contributed by atoms with Gasteiger partial charge in [-0.05, 0) is 26.1 Å². The number of benzene rings is 1. The van der Waals surface area contributed by atoms with Crippen molar-refractivity contribution in [2.75, 3.05) is 20.4 Å². The Bertz CT molecular complexity index is 833. The van der Waals surface area contributed by atoms with Gasteiger partial charge >= 0.3 is 6.18 Å². The number of hydrazone groups is 1. The lowest BCUT2D eigenvalue weighted by molar-refractivity contribution is -0.139. The van der Waals surface area contributed by atoms with E-state index in [1.54, 1.807) is 0 Å². The van der Waals surface area contributed by atoms with E-state index in [1.807, 2.05) is 0 Å². The summed E-state index contributed by atoms with van der Waals surface area (Å²) in [5.41, 5.74) is -2.48. The Morgan fingerprint density at radius 2 is 1.88 bits per heavy atom. The Morgan fingerprint density at radius 1 is 1.29 bits per heavy atom. The molecule has 0 saturated heterocycles. The first kappa shape index (κ1) is 18.4. The molecule has 1 N–H and O–H groups in total. The number of hydrogen-bond donors (Lipinski definition) is 1. The van der Waals surface area contributed by atoms with Gasteiger partial charge in [0.05, 0.1) is 16.2 Å². The molecule has 0 fully saturated rings. The largest absolute Gasteiger partial charge is 0.417 e. The molecule has 1 heterocycles. The van der Waals surface area contributed by atoms with Crippen LogP contribution in [0.15, 0.2) is 28.2 Å². The van der Waals surface area contributed by atoms with Gasteiger partial charge in [0.1, 0.15) is 5.54 Å². The van der Waals surface area contributed by atoms with Gasteiger partial charge in [0.25, 0.3) is 5.91 Å². The second-order valence-corrected chi connectivity index (χ2v) is 7.62. The summed E-state index contributed by atoms with van der Waals surface area (Å²) in [4.78, 5) is 11.4. The second-order valence-electron chi connectivity index (χ2n) is 5.63. The Kier molecular flexibility index (Phi) is 4.26. The van der Waals surface area contributed by atoms with Gasteiger partial charge in [-0.15, -0.1) is 0 Å². The Morgan fingerprint density at radius 3 is 2.33 bits per heavy atom. The van der Waals surface area contributed by atoms with Crippen LogP contribution in [0.5, 0.6) is 0 Å². The number of carbonyl (C=O) groups excluding carboxylic acids is 1. The zero-order valence-corrected chi connectivity index (χ0v) is 14.2. The first-order valence-corrected chi connectivity index (χ1v) is 8.69. The van der Waals surface area contributed by atoms with E-state index in [1.165, 1.54) is 27.1 Å². The van der Waals surface area contributed by atoms with Gasteiger partial charge < -0.3 is 5.32 Å². The fourth-order valence-corrected chi connectivity index (χ4v) is 3.40. The topological polar surface area (TPSA) is 78.8 Å². The number of likely N-dealkylation sites (N-methyl/N-ethyl adjacent to an activating group) is 2. The highest BCUT2D eigenvalue weighted by molar-refractivity contribution is 7.90. The van der Waals surface area contributed by atoms with E-state index in [2.05, 4.69) is 10.4 Å². The summed E-state index contributed by atoms with van der Waals surface area (Å²) in [6.07, 6.45) is -4.15. The Balaban J connectivity index is 2.71. The van der Waals surface area contributed by atoms with Crippen molar-refractivity contribution >= 4 is 21.5 Å². The molecule has 1 aliphatic rings. The van der Waals surface area contributed by atoms with Gasteiger partial charge in [0, 0.05) is 18.9 Å². The highest BCUT2D eigenvalue weighted by atomic mass is 32.2. The minimum absolute atomic E-state index is 0.0178. The first-order chi connectivity index (χ1) is 10.8. The quantitative estimate of drug-likeness (QED) is 0.877. The van der Waals surface area contributed by atoms with Crippen LogP contribution in [0.25, 0.3) is 0 Å². The van der Waals surface area contributed by atoms with Crippen LogP contribution in [0.4, 0.5) is 13.2 Å². The average Bonchev–Trinajstić information content (AvgIpc) is 2.70. The molecule has 0 radical (unpaired) electrons. The minimum atomic E-state index is -4.86. The first-order valence-electron chi connectivity index (χ1n) is 6.80. The maximum Gasteiger partial charge on any atom is 0.417 e. The maximum absolute atomic E-state index is 13.3. The van der Waals surface area contributed by atoms with Crippen LogP contribution >= 0.6 is 0 Å². The van der Waals surface area contributed by atoms with Crippen molar-refractivity contribution in [3.05, 3.63) is 29.3 Å². The molecule has 0 saturated carbocycles. The second kappa shape index (κ2) is 5.55. The fourth-order valence-electron chi connectivity index (χ4n) is 2.51. The van der Waals surface area contributed by atoms with E-state index >= 15 is 0 Å². The number of nitrogens with zero attached hydrogens (tertiary/aromatic N) is 2. The molecular formula is C14H16F3N3O3S. The fraction of sp³-hybridized carbons (Fsp3) is 0.429. The molecule has 2 rings (SSSR count). The van der Waals surface area contributed by atoms with E-state index in [0.717, 1.165) is 11.1 Å². The summed E-state index contributed by atoms with van der Waals surface area (Å²) in [5, 5.41) is 7.78. The standard InChI is InChI=1S/C14H16F3N3O3S/c1-13(18-2)11(19-20(3)12(13)21)8-5-6-10(24(4,22)23)9(7-8)14(15,16)17/h5-7,18H,1-4H3. The van der Waals surface area contributed by atoms with E-state index in [-0.39, 0.29) is 11.3 Å². The van der Waals surface area contributed by atoms with Crippen LogP contribution in [0.2, 0.25) is 0 Å². The smallest absolute Gasteiger partial charge is 0.301 e. The van der Waals surface area contributed by atoms with E-state index < -0.39 is 37.9 Å². The molecule has 0 bridgehead atoms. The number of sulfone groups is 1. The molecule has 1 aromatic carbocycles. The molecule has 1 aromatic rings. The SMILES string of the molecule is CNC1(C)C(=O)N(C)N=C1c1ccc(S(C)(=O)=O)c(C(F)(F)F)c1. The third kappa shape index (κ3) is 2.91.